The fourth-order valence-corrected chi connectivity index (χ4v) is 2.39. The average Bonchev–Trinajstić information content (AvgIpc) is 2.48. The summed E-state index contributed by atoms with van der Waals surface area (Å²) in [7, 11) is 0. The van der Waals surface area contributed by atoms with Crippen LogP contribution in [0.25, 0.3) is 0 Å². The van der Waals surface area contributed by atoms with E-state index in [4.69, 9.17) is 9.47 Å². The molecule has 0 spiro atoms. The average molecular weight is 214 g/mol. The summed E-state index contributed by atoms with van der Waals surface area (Å²) < 4.78 is 11.3. The number of rotatable bonds is 0. The van der Waals surface area contributed by atoms with Crippen molar-refractivity contribution < 1.29 is 19.7 Å². The minimum absolute atomic E-state index is 0.310. The molecule has 0 aromatic rings. The molecule has 0 amide bonds. The van der Waals surface area contributed by atoms with Crippen LogP contribution >= 0.6 is 0 Å². The van der Waals surface area contributed by atoms with Crippen molar-refractivity contribution >= 4 is 0 Å². The van der Waals surface area contributed by atoms with Gasteiger partial charge in [0, 0.05) is 0 Å². The standard InChI is InChI=1S/C11H18O4/c1-5(2)6-7(12)8(13)10-9(6)14-11(3,4)15-10/h7-10,12-13H,1-4H3/t7-,8-,9-,10+/m1/s1. The Labute approximate surface area is 89.5 Å². The van der Waals surface area contributed by atoms with Crippen molar-refractivity contribution in [1.82, 2.24) is 0 Å². The number of fused-ring (bicyclic) bond motifs is 1. The van der Waals surface area contributed by atoms with E-state index < -0.39 is 24.1 Å². The monoisotopic (exact) mass is 214 g/mol. The summed E-state index contributed by atoms with van der Waals surface area (Å²) in [4.78, 5) is 0. The predicted molar refractivity (Wildman–Crippen MR) is 54.2 cm³/mol. The van der Waals surface area contributed by atoms with Gasteiger partial charge in [-0.05, 0) is 33.3 Å². The summed E-state index contributed by atoms with van der Waals surface area (Å²) in [6.45, 7) is 7.44. The first-order valence-corrected chi connectivity index (χ1v) is 5.22. The van der Waals surface area contributed by atoms with Crippen LogP contribution in [-0.4, -0.2) is 40.4 Å². The molecular formula is C11H18O4. The minimum Gasteiger partial charge on any atom is -0.387 e. The lowest BCUT2D eigenvalue weighted by Crippen LogP contribution is -2.34. The molecule has 1 aliphatic heterocycles. The first-order chi connectivity index (χ1) is 6.83. The second kappa shape index (κ2) is 3.28. The third kappa shape index (κ3) is 1.61. The first-order valence-electron chi connectivity index (χ1n) is 5.22. The van der Waals surface area contributed by atoms with Crippen molar-refractivity contribution in [2.75, 3.05) is 0 Å². The van der Waals surface area contributed by atoms with E-state index >= 15 is 0 Å². The molecule has 2 rings (SSSR count). The molecule has 1 aliphatic carbocycles. The van der Waals surface area contributed by atoms with Gasteiger partial charge in [-0.2, -0.15) is 0 Å². The highest BCUT2D eigenvalue weighted by molar-refractivity contribution is 5.30. The zero-order chi connectivity index (χ0) is 11.4. The highest BCUT2D eigenvalue weighted by Gasteiger charge is 2.55. The highest BCUT2D eigenvalue weighted by atomic mass is 16.8. The molecule has 0 unspecified atom stereocenters. The number of aliphatic hydroxyl groups excluding tert-OH is 2. The maximum absolute atomic E-state index is 9.84. The Hall–Kier alpha value is -0.420. The second-order valence-corrected chi connectivity index (χ2v) is 4.91. The zero-order valence-corrected chi connectivity index (χ0v) is 9.52. The first kappa shape index (κ1) is 11.1. The third-order valence-electron chi connectivity index (χ3n) is 2.99. The highest BCUT2D eigenvalue weighted by Crippen LogP contribution is 2.42. The van der Waals surface area contributed by atoms with E-state index in [-0.39, 0.29) is 6.10 Å². The Bertz CT molecular complexity index is 304. The Kier molecular flexibility index (Phi) is 2.43. The van der Waals surface area contributed by atoms with Gasteiger partial charge in [-0.15, -0.1) is 0 Å². The van der Waals surface area contributed by atoms with Crippen LogP contribution in [0.3, 0.4) is 0 Å². The zero-order valence-electron chi connectivity index (χ0n) is 9.52. The normalized spacial score (nSPS) is 43.2. The molecule has 15 heavy (non-hydrogen) atoms. The van der Waals surface area contributed by atoms with Gasteiger partial charge < -0.3 is 19.7 Å². The summed E-state index contributed by atoms with van der Waals surface area (Å²) in [5.41, 5.74) is 1.74. The van der Waals surface area contributed by atoms with Gasteiger partial charge in [0.2, 0.25) is 0 Å². The topological polar surface area (TPSA) is 58.9 Å². The van der Waals surface area contributed by atoms with Crippen LogP contribution < -0.4 is 0 Å². The van der Waals surface area contributed by atoms with Crippen molar-refractivity contribution in [2.45, 2.75) is 57.9 Å². The molecular weight excluding hydrogens is 196 g/mol. The second-order valence-electron chi connectivity index (χ2n) is 4.91. The Morgan fingerprint density at radius 1 is 1.20 bits per heavy atom. The third-order valence-corrected chi connectivity index (χ3v) is 2.99. The number of allylic oxidation sites excluding steroid dienone is 1. The van der Waals surface area contributed by atoms with Crippen LogP contribution in [0.15, 0.2) is 11.1 Å². The van der Waals surface area contributed by atoms with E-state index in [1.165, 1.54) is 0 Å². The molecule has 86 valence electrons. The molecule has 2 aliphatic rings. The smallest absolute Gasteiger partial charge is 0.164 e. The number of hydrogen-bond donors (Lipinski definition) is 2. The molecule has 2 fully saturated rings. The number of hydrogen-bond acceptors (Lipinski definition) is 4. The van der Waals surface area contributed by atoms with Crippen LogP contribution in [-0.2, 0) is 9.47 Å². The van der Waals surface area contributed by atoms with Gasteiger partial charge in [0.25, 0.3) is 0 Å². The van der Waals surface area contributed by atoms with E-state index in [0.717, 1.165) is 11.1 Å². The molecule has 0 aromatic carbocycles. The largest absolute Gasteiger partial charge is 0.387 e. The van der Waals surface area contributed by atoms with Crippen LogP contribution in [0, 0.1) is 0 Å². The van der Waals surface area contributed by atoms with E-state index in [1.54, 1.807) is 0 Å². The molecule has 0 bridgehead atoms. The molecule has 1 saturated carbocycles. The molecule has 4 nitrogen and oxygen atoms in total. The van der Waals surface area contributed by atoms with Crippen molar-refractivity contribution in [3.8, 4) is 0 Å². The van der Waals surface area contributed by atoms with Gasteiger partial charge in [-0.25, -0.2) is 0 Å². The lowest BCUT2D eigenvalue weighted by molar-refractivity contribution is -0.166. The van der Waals surface area contributed by atoms with E-state index in [2.05, 4.69) is 0 Å². The molecule has 1 heterocycles. The molecule has 0 aromatic heterocycles. The summed E-state index contributed by atoms with van der Waals surface area (Å²) in [6.07, 6.45) is -2.50. The molecule has 1 saturated heterocycles. The summed E-state index contributed by atoms with van der Waals surface area (Å²) in [6, 6.07) is 0. The maximum Gasteiger partial charge on any atom is 0.164 e. The van der Waals surface area contributed by atoms with E-state index in [1.807, 2.05) is 27.7 Å². The van der Waals surface area contributed by atoms with Gasteiger partial charge in [0.15, 0.2) is 5.79 Å². The SMILES string of the molecule is CC(C)=C1[C@@H](O)[C@@H](O)[C@@H]2OC(C)(C)O[C@H]12. The molecule has 4 heteroatoms. The van der Waals surface area contributed by atoms with Gasteiger partial charge >= 0.3 is 0 Å². The van der Waals surface area contributed by atoms with Crippen LogP contribution in [0.4, 0.5) is 0 Å². The fraction of sp³-hybridized carbons (Fsp3) is 0.818. The van der Waals surface area contributed by atoms with Gasteiger partial charge in [0.05, 0.1) is 0 Å². The number of aliphatic hydroxyl groups is 2. The lowest BCUT2D eigenvalue weighted by atomic mass is 10.1. The Balaban J connectivity index is 2.35. The van der Waals surface area contributed by atoms with Crippen molar-refractivity contribution in [1.29, 1.82) is 0 Å². The fourth-order valence-electron chi connectivity index (χ4n) is 2.39. The van der Waals surface area contributed by atoms with Crippen molar-refractivity contribution in [3.05, 3.63) is 11.1 Å². The van der Waals surface area contributed by atoms with Gasteiger partial charge in [-0.1, -0.05) is 5.57 Å². The van der Waals surface area contributed by atoms with Crippen molar-refractivity contribution in [2.24, 2.45) is 0 Å². The minimum atomic E-state index is -0.887. The molecule has 2 N–H and O–H groups in total. The van der Waals surface area contributed by atoms with E-state index in [0.29, 0.717) is 0 Å². The Morgan fingerprint density at radius 3 is 2.33 bits per heavy atom. The molecule has 0 radical (unpaired) electrons. The summed E-state index contributed by atoms with van der Waals surface area (Å²) in [5, 5.41) is 19.7. The van der Waals surface area contributed by atoms with Crippen LogP contribution in [0.2, 0.25) is 0 Å². The summed E-state index contributed by atoms with van der Waals surface area (Å²) in [5.74, 6) is -0.683. The predicted octanol–water partition coefficient (Wildman–Crippen LogP) is 0.578. The van der Waals surface area contributed by atoms with Gasteiger partial charge in [0.1, 0.15) is 24.4 Å². The lowest BCUT2D eigenvalue weighted by Gasteiger charge is -2.22. The maximum atomic E-state index is 9.84. The summed E-state index contributed by atoms with van der Waals surface area (Å²) >= 11 is 0. The van der Waals surface area contributed by atoms with Crippen LogP contribution in [0.1, 0.15) is 27.7 Å². The quantitative estimate of drug-likeness (QED) is 0.579. The Morgan fingerprint density at radius 2 is 1.80 bits per heavy atom. The number of ether oxygens (including phenoxy) is 2. The van der Waals surface area contributed by atoms with E-state index in [9.17, 15) is 10.2 Å². The van der Waals surface area contributed by atoms with Gasteiger partial charge in [-0.3, -0.25) is 0 Å². The van der Waals surface area contributed by atoms with Crippen molar-refractivity contribution in [3.63, 3.8) is 0 Å². The van der Waals surface area contributed by atoms with Crippen LogP contribution in [0.5, 0.6) is 0 Å². The molecule has 4 atom stereocenters.